The number of urea groups is 1. The number of rotatable bonds is 7. The SMILES string of the molecule is CCCNC(=O)NC(=O)COC(=O)c1ccccc1Oc1cccnc1. The molecule has 2 rings (SSSR count). The zero-order valence-corrected chi connectivity index (χ0v) is 14.2. The zero-order valence-electron chi connectivity index (χ0n) is 14.2. The first-order valence-corrected chi connectivity index (χ1v) is 8.02. The molecule has 136 valence electrons. The molecule has 8 nitrogen and oxygen atoms in total. The lowest BCUT2D eigenvalue weighted by molar-refractivity contribution is -0.123. The van der Waals surface area contributed by atoms with E-state index in [-0.39, 0.29) is 11.3 Å². The number of pyridine rings is 1. The maximum atomic E-state index is 12.2. The van der Waals surface area contributed by atoms with Gasteiger partial charge >= 0.3 is 12.0 Å². The molecule has 0 atom stereocenters. The Morgan fingerprint density at radius 3 is 2.65 bits per heavy atom. The third-order valence-electron chi connectivity index (χ3n) is 3.09. The first-order valence-electron chi connectivity index (χ1n) is 8.02. The van der Waals surface area contributed by atoms with Crippen molar-refractivity contribution in [3.05, 3.63) is 54.4 Å². The lowest BCUT2D eigenvalue weighted by Gasteiger charge is -2.10. The molecule has 1 aromatic carbocycles. The van der Waals surface area contributed by atoms with Gasteiger partial charge in [-0.2, -0.15) is 0 Å². The van der Waals surface area contributed by atoms with Gasteiger partial charge < -0.3 is 14.8 Å². The molecular formula is C18H19N3O5. The van der Waals surface area contributed by atoms with Gasteiger partial charge in [-0.3, -0.25) is 15.1 Å². The Balaban J connectivity index is 1.93. The number of hydrogen-bond acceptors (Lipinski definition) is 6. The highest BCUT2D eigenvalue weighted by atomic mass is 16.5. The van der Waals surface area contributed by atoms with Gasteiger partial charge in [-0.05, 0) is 30.7 Å². The molecule has 1 heterocycles. The predicted molar refractivity (Wildman–Crippen MR) is 92.9 cm³/mol. The Bertz CT molecular complexity index is 764. The maximum absolute atomic E-state index is 12.2. The van der Waals surface area contributed by atoms with Crippen LogP contribution in [0.15, 0.2) is 48.8 Å². The molecule has 0 saturated heterocycles. The molecule has 0 fully saturated rings. The minimum absolute atomic E-state index is 0.152. The Morgan fingerprint density at radius 2 is 1.92 bits per heavy atom. The van der Waals surface area contributed by atoms with Gasteiger partial charge in [0, 0.05) is 12.7 Å². The normalized spacial score (nSPS) is 9.88. The Labute approximate surface area is 150 Å². The molecule has 0 unspecified atom stereocenters. The molecule has 0 spiro atoms. The number of para-hydroxylation sites is 1. The number of nitrogens with one attached hydrogen (secondary N) is 2. The van der Waals surface area contributed by atoms with Crippen molar-refractivity contribution in [1.29, 1.82) is 0 Å². The number of imide groups is 1. The third kappa shape index (κ3) is 5.90. The number of hydrogen-bond donors (Lipinski definition) is 2. The molecule has 26 heavy (non-hydrogen) atoms. The van der Waals surface area contributed by atoms with Crippen LogP contribution in [0.5, 0.6) is 11.5 Å². The van der Waals surface area contributed by atoms with E-state index in [9.17, 15) is 14.4 Å². The molecule has 0 aliphatic heterocycles. The highest BCUT2D eigenvalue weighted by molar-refractivity contribution is 5.97. The van der Waals surface area contributed by atoms with E-state index < -0.39 is 24.5 Å². The first kappa shape index (κ1) is 18.9. The summed E-state index contributed by atoms with van der Waals surface area (Å²) < 4.78 is 10.6. The molecule has 0 saturated carbocycles. The summed E-state index contributed by atoms with van der Waals surface area (Å²) in [6, 6.07) is 9.22. The molecule has 0 bridgehead atoms. The van der Waals surface area contributed by atoms with E-state index >= 15 is 0 Å². The number of carbonyl (C=O) groups is 3. The largest absolute Gasteiger partial charge is 0.455 e. The van der Waals surface area contributed by atoms with Gasteiger partial charge in [0.15, 0.2) is 6.61 Å². The van der Waals surface area contributed by atoms with Crippen LogP contribution in [-0.4, -0.2) is 36.0 Å². The van der Waals surface area contributed by atoms with Crippen molar-refractivity contribution in [3.8, 4) is 11.5 Å². The van der Waals surface area contributed by atoms with Crippen LogP contribution in [0.4, 0.5) is 4.79 Å². The highest BCUT2D eigenvalue weighted by Gasteiger charge is 2.16. The Morgan fingerprint density at radius 1 is 1.12 bits per heavy atom. The van der Waals surface area contributed by atoms with E-state index in [1.54, 1.807) is 36.5 Å². The van der Waals surface area contributed by atoms with E-state index in [0.29, 0.717) is 12.3 Å². The van der Waals surface area contributed by atoms with Gasteiger partial charge in [-0.25, -0.2) is 9.59 Å². The molecular weight excluding hydrogens is 338 g/mol. The van der Waals surface area contributed by atoms with E-state index in [0.717, 1.165) is 6.42 Å². The second-order valence-electron chi connectivity index (χ2n) is 5.17. The van der Waals surface area contributed by atoms with Crippen molar-refractivity contribution in [2.24, 2.45) is 0 Å². The maximum Gasteiger partial charge on any atom is 0.342 e. The van der Waals surface area contributed by atoms with E-state index in [2.05, 4.69) is 15.6 Å². The number of amides is 3. The average molecular weight is 357 g/mol. The number of esters is 1. The molecule has 0 aliphatic rings. The average Bonchev–Trinajstić information content (AvgIpc) is 2.65. The summed E-state index contributed by atoms with van der Waals surface area (Å²) in [5.41, 5.74) is 0.152. The molecule has 0 radical (unpaired) electrons. The quantitative estimate of drug-likeness (QED) is 0.736. The number of aromatic nitrogens is 1. The minimum Gasteiger partial charge on any atom is -0.455 e. The van der Waals surface area contributed by atoms with Gasteiger partial charge in [-0.15, -0.1) is 0 Å². The molecule has 1 aromatic heterocycles. The smallest absolute Gasteiger partial charge is 0.342 e. The number of nitrogens with zero attached hydrogens (tertiary/aromatic N) is 1. The second kappa shape index (κ2) is 9.77. The lowest BCUT2D eigenvalue weighted by atomic mass is 10.2. The summed E-state index contributed by atoms with van der Waals surface area (Å²) in [4.78, 5) is 39.2. The van der Waals surface area contributed by atoms with Crippen LogP contribution in [0.1, 0.15) is 23.7 Å². The van der Waals surface area contributed by atoms with Crippen LogP contribution in [-0.2, 0) is 9.53 Å². The van der Waals surface area contributed by atoms with Crippen LogP contribution in [0.2, 0.25) is 0 Å². The molecule has 0 aliphatic carbocycles. The van der Waals surface area contributed by atoms with Crippen molar-refractivity contribution in [2.45, 2.75) is 13.3 Å². The fraction of sp³-hybridized carbons (Fsp3) is 0.222. The molecule has 2 N–H and O–H groups in total. The number of ether oxygens (including phenoxy) is 2. The van der Waals surface area contributed by atoms with Crippen molar-refractivity contribution < 1.29 is 23.9 Å². The summed E-state index contributed by atoms with van der Waals surface area (Å²) in [7, 11) is 0. The van der Waals surface area contributed by atoms with Gasteiger partial charge in [0.2, 0.25) is 0 Å². The second-order valence-corrected chi connectivity index (χ2v) is 5.17. The van der Waals surface area contributed by atoms with Gasteiger partial charge in [-0.1, -0.05) is 19.1 Å². The fourth-order valence-electron chi connectivity index (χ4n) is 1.91. The first-order chi connectivity index (χ1) is 12.6. The van der Waals surface area contributed by atoms with Crippen LogP contribution in [0.25, 0.3) is 0 Å². The van der Waals surface area contributed by atoms with Gasteiger partial charge in [0.05, 0.1) is 6.20 Å². The van der Waals surface area contributed by atoms with Crippen molar-refractivity contribution in [1.82, 2.24) is 15.6 Å². The molecule has 2 aromatic rings. The summed E-state index contributed by atoms with van der Waals surface area (Å²) >= 11 is 0. The minimum atomic E-state index is -0.742. The predicted octanol–water partition coefficient (Wildman–Crippen LogP) is 2.27. The number of carbonyl (C=O) groups excluding carboxylic acids is 3. The van der Waals surface area contributed by atoms with Crippen LogP contribution in [0, 0.1) is 0 Å². The standard InChI is InChI=1S/C18H19N3O5/c1-2-9-20-18(24)21-16(22)12-25-17(23)14-7-3-4-8-15(14)26-13-6-5-10-19-11-13/h3-8,10-11H,2,9,12H2,1H3,(H2,20,21,22,24). The highest BCUT2D eigenvalue weighted by Crippen LogP contribution is 2.25. The number of benzene rings is 1. The van der Waals surface area contributed by atoms with Gasteiger partial charge in [0.25, 0.3) is 5.91 Å². The summed E-state index contributed by atoms with van der Waals surface area (Å²) in [6.07, 6.45) is 3.84. The zero-order chi connectivity index (χ0) is 18.8. The van der Waals surface area contributed by atoms with E-state index in [1.165, 1.54) is 12.3 Å². The van der Waals surface area contributed by atoms with E-state index in [1.807, 2.05) is 6.92 Å². The van der Waals surface area contributed by atoms with E-state index in [4.69, 9.17) is 9.47 Å². The van der Waals surface area contributed by atoms with Crippen molar-refractivity contribution in [3.63, 3.8) is 0 Å². The van der Waals surface area contributed by atoms with Crippen LogP contribution in [0.3, 0.4) is 0 Å². The summed E-state index contributed by atoms with van der Waals surface area (Å²) in [5, 5.41) is 4.55. The fourth-order valence-corrected chi connectivity index (χ4v) is 1.91. The third-order valence-corrected chi connectivity index (χ3v) is 3.09. The topological polar surface area (TPSA) is 107 Å². The monoisotopic (exact) mass is 357 g/mol. The Hall–Kier alpha value is -3.42. The Kier molecular flexibility index (Phi) is 7.11. The molecule has 3 amide bonds. The van der Waals surface area contributed by atoms with Crippen molar-refractivity contribution in [2.75, 3.05) is 13.2 Å². The van der Waals surface area contributed by atoms with Gasteiger partial charge in [0.1, 0.15) is 17.1 Å². The summed E-state index contributed by atoms with van der Waals surface area (Å²) in [5.74, 6) is -0.740. The lowest BCUT2D eigenvalue weighted by Crippen LogP contribution is -2.41. The van der Waals surface area contributed by atoms with Crippen LogP contribution >= 0.6 is 0 Å². The molecule has 8 heteroatoms. The summed E-state index contributed by atoms with van der Waals surface area (Å²) in [6.45, 7) is 1.74. The van der Waals surface area contributed by atoms with Crippen LogP contribution < -0.4 is 15.4 Å². The van der Waals surface area contributed by atoms with Crippen molar-refractivity contribution >= 4 is 17.9 Å².